The number of phenolic OH excluding ortho intramolecular Hbond substituents is 1. The summed E-state index contributed by atoms with van der Waals surface area (Å²) in [5, 5.41) is 9.98. The van der Waals surface area contributed by atoms with Gasteiger partial charge in [-0.15, -0.1) is 0 Å². The summed E-state index contributed by atoms with van der Waals surface area (Å²) in [5.41, 5.74) is 1.89. The van der Waals surface area contributed by atoms with E-state index >= 15 is 0 Å². The third-order valence-electron chi connectivity index (χ3n) is 5.61. The molecule has 2 aromatic carbocycles. The summed E-state index contributed by atoms with van der Waals surface area (Å²) in [6.45, 7) is 1.02. The second kappa shape index (κ2) is 10.0. The molecule has 1 N–H and O–H groups in total. The van der Waals surface area contributed by atoms with Crippen molar-refractivity contribution < 1.29 is 33.5 Å². The Morgan fingerprint density at radius 2 is 1.20 bits per heavy atom. The third-order valence-corrected chi connectivity index (χ3v) is 5.61. The molecule has 164 valence electrons. The molecule has 0 amide bonds. The largest absolute Gasteiger partial charge is 0.504 e. The fourth-order valence-electron chi connectivity index (χ4n) is 4.17. The van der Waals surface area contributed by atoms with Crippen LogP contribution in [0.5, 0.6) is 23.0 Å². The van der Waals surface area contributed by atoms with Crippen molar-refractivity contribution in [1.82, 2.24) is 0 Å². The summed E-state index contributed by atoms with van der Waals surface area (Å²) < 4.78 is 33.8. The van der Waals surface area contributed by atoms with Crippen LogP contribution in [0.25, 0.3) is 0 Å². The lowest BCUT2D eigenvalue weighted by Crippen LogP contribution is -2.25. The van der Waals surface area contributed by atoms with Crippen LogP contribution >= 0.6 is 0 Å². The van der Waals surface area contributed by atoms with E-state index in [0.29, 0.717) is 30.5 Å². The van der Waals surface area contributed by atoms with Gasteiger partial charge >= 0.3 is 0 Å². The van der Waals surface area contributed by atoms with Crippen LogP contribution in [0, 0.1) is 11.8 Å². The molecule has 0 unspecified atom stereocenters. The summed E-state index contributed by atoms with van der Waals surface area (Å²) >= 11 is 0. The van der Waals surface area contributed by atoms with Gasteiger partial charge in [0, 0.05) is 26.1 Å². The molecule has 0 bridgehead atoms. The number of hydrogen-bond donors (Lipinski definition) is 1. The molecule has 1 fully saturated rings. The lowest BCUT2D eigenvalue weighted by Gasteiger charge is -2.23. The average Bonchev–Trinajstić information content (AvgIpc) is 3.12. The first-order valence-corrected chi connectivity index (χ1v) is 9.80. The molecule has 30 heavy (non-hydrogen) atoms. The average molecular weight is 418 g/mol. The van der Waals surface area contributed by atoms with Crippen LogP contribution in [0.15, 0.2) is 36.4 Å². The zero-order valence-electron chi connectivity index (χ0n) is 18.1. The molecule has 2 aromatic rings. The van der Waals surface area contributed by atoms with Gasteiger partial charge in [-0.25, -0.2) is 0 Å². The monoisotopic (exact) mass is 418 g/mol. The van der Waals surface area contributed by atoms with Crippen LogP contribution < -0.4 is 14.2 Å². The van der Waals surface area contributed by atoms with Crippen molar-refractivity contribution in [2.24, 2.45) is 11.8 Å². The zero-order chi connectivity index (χ0) is 21.7. The van der Waals surface area contributed by atoms with Crippen LogP contribution in [-0.4, -0.2) is 53.9 Å². The molecular formula is C23H30O7. The molecule has 1 aliphatic rings. The summed E-state index contributed by atoms with van der Waals surface area (Å²) in [6.07, 6.45) is -0.479. The molecule has 1 heterocycles. The van der Waals surface area contributed by atoms with Crippen LogP contribution in [0.1, 0.15) is 23.3 Å². The minimum absolute atomic E-state index is 0.0438. The van der Waals surface area contributed by atoms with Crippen molar-refractivity contribution in [1.29, 1.82) is 0 Å². The summed E-state index contributed by atoms with van der Waals surface area (Å²) in [5.74, 6) is 1.90. The molecule has 1 saturated heterocycles. The number of hydrogen-bond acceptors (Lipinski definition) is 7. The lowest BCUT2D eigenvalue weighted by molar-refractivity contribution is 0.0143. The predicted octanol–water partition coefficient (Wildman–Crippen LogP) is 3.76. The topological polar surface area (TPSA) is 75.6 Å². The van der Waals surface area contributed by atoms with Gasteiger partial charge in [-0.1, -0.05) is 12.1 Å². The van der Waals surface area contributed by atoms with Crippen LogP contribution in [0.3, 0.4) is 0 Å². The number of benzene rings is 2. The highest BCUT2D eigenvalue weighted by Gasteiger charge is 2.46. The van der Waals surface area contributed by atoms with Gasteiger partial charge in [0.1, 0.15) is 0 Å². The Morgan fingerprint density at radius 1 is 0.700 bits per heavy atom. The summed E-state index contributed by atoms with van der Waals surface area (Å²) in [7, 11) is 8.12. The molecule has 3 rings (SSSR count). The Kier molecular flexibility index (Phi) is 7.42. The second-order valence-electron chi connectivity index (χ2n) is 7.26. The normalized spacial score (nSPS) is 23.4. The van der Waals surface area contributed by atoms with Crippen LogP contribution in [0.2, 0.25) is 0 Å². The molecule has 1 aliphatic heterocycles. The van der Waals surface area contributed by atoms with Gasteiger partial charge < -0.3 is 33.5 Å². The second-order valence-corrected chi connectivity index (χ2v) is 7.26. The Labute approximate surface area is 177 Å². The smallest absolute Gasteiger partial charge is 0.161 e. The predicted molar refractivity (Wildman–Crippen MR) is 112 cm³/mol. The van der Waals surface area contributed by atoms with Gasteiger partial charge in [-0.3, -0.25) is 0 Å². The van der Waals surface area contributed by atoms with E-state index in [0.717, 1.165) is 11.1 Å². The van der Waals surface area contributed by atoms with E-state index in [9.17, 15) is 5.11 Å². The molecule has 7 heteroatoms. The van der Waals surface area contributed by atoms with Crippen molar-refractivity contribution in [3.8, 4) is 23.0 Å². The Hall–Kier alpha value is -2.48. The fourth-order valence-corrected chi connectivity index (χ4v) is 4.17. The van der Waals surface area contributed by atoms with E-state index in [1.807, 2.05) is 30.3 Å². The van der Waals surface area contributed by atoms with Crippen LogP contribution in [0.4, 0.5) is 0 Å². The standard InChI is InChI=1S/C23H30O7/c1-25-12-16-17(13-26-2)23(15-7-9-19(27-3)21(11-15)29-5)30-22(16)14-6-8-18(24)20(10-14)28-4/h6-11,16-17,22-24H,12-13H2,1-5H3/t16-,17-,22-,23+/m1/s1. The van der Waals surface area contributed by atoms with Crippen molar-refractivity contribution in [2.45, 2.75) is 12.2 Å². The van der Waals surface area contributed by atoms with Crippen molar-refractivity contribution in [3.63, 3.8) is 0 Å². The van der Waals surface area contributed by atoms with Gasteiger partial charge in [0.15, 0.2) is 23.0 Å². The summed E-state index contributed by atoms with van der Waals surface area (Å²) in [4.78, 5) is 0. The molecular weight excluding hydrogens is 388 g/mol. The van der Waals surface area contributed by atoms with Crippen molar-refractivity contribution in [3.05, 3.63) is 47.5 Å². The molecule has 7 nitrogen and oxygen atoms in total. The van der Waals surface area contributed by atoms with E-state index in [2.05, 4.69) is 0 Å². The quantitative estimate of drug-likeness (QED) is 0.665. The number of ether oxygens (including phenoxy) is 6. The van der Waals surface area contributed by atoms with Gasteiger partial charge in [0.05, 0.1) is 46.8 Å². The molecule has 0 aliphatic carbocycles. The molecule has 4 atom stereocenters. The first-order chi connectivity index (χ1) is 14.6. The number of aromatic hydroxyl groups is 1. The zero-order valence-corrected chi connectivity index (χ0v) is 18.1. The van der Waals surface area contributed by atoms with Gasteiger partial charge in [-0.2, -0.15) is 0 Å². The molecule has 0 radical (unpaired) electrons. The van der Waals surface area contributed by atoms with E-state index in [4.69, 9.17) is 28.4 Å². The number of methoxy groups -OCH3 is 5. The van der Waals surface area contributed by atoms with Gasteiger partial charge in [0.2, 0.25) is 0 Å². The van der Waals surface area contributed by atoms with Gasteiger partial charge in [0.25, 0.3) is 0 Å². The fraction of sp³-hybridized carbons (Fsp3) is 0.478. The summed E-state index contributed by atoms with van der Waals surface area (Å²) in [6, 6.07) is 11.1. The van der Waals surface area contributed by atoms with E-state index in [-0.39, 0.29) is 29.8 Å². The van der Waals surface area contributed by atoms with E-state index in [1.54, 1.807) is 34.5 Å². The van der Waals surface area contributed by atoms with E-state index in [1.165, 1.54) is 7.11 Å². The maximum absolute atomic E-state index is 9.98. The highest BCUT2D eigenvalue weighted by molar-refractivity contribution is 5.45. The minimum Gasteiger partial charge on any atom is -0.504 e. The third kappa shape index (κ3) is 4.33. The first-order valence-electron chi connectivity index (χ1n) is 9.80. The number of phenols is 1. The highest BCUT2D eigenvalue weighted by atomic mass is 16.5. The van der Waals surface area contributed by atoms with E-state index < -0.39 is 0 Å². The molecule has 0 saturated carbocycles. The Bertz CT molecular complexity index is 838. The highest BCUT2D eigenvalue weighted by Crippen LogP contribution is 2.51. The van der Waals surface area contributed by atoms with Crippen molar-refractivity contribution >= 4 is 0 Å². The number of rotatable bonds is 9. The lowest BCUT2D eigenvalue weighted by atomic mass is 9.83. The van der Waals surface area contributed by atoms with Crippen LogP contribution in [-0.2, 0) is 14.2 Å². The minimum atomic E-state index is -0.252. The van der Waals surface area contributed by atoms with Crippen molar-refractivity contribution in [2.75, 3.05) is 48.8 Å². The van der Waals surface area contributed by atoms with Gasteiger partial charge in [-0.05, 0) is 35.4 Å². The maximum Gasteiger partial charge on any atom is 0.161 e. The first kappa shape index (κ1) is 22.2. The Morgan fingerprint density at radius 3 is 1.70 bits per heavy atom. The molecule has 0 spiro atoms. The SMILES string of the molecule is COC[C@@H]1[C@@H](COC)[C@H](c2ccc(OC)c(OC)c2)O[C@@H]1c1ccc(O)c(OC)c1. The maximum atomic E-state index is 9.98. The Balaban J connectivity index is 2.01. The molecule has 0 aromatic heterocycles.